The summed E-state index contributed by atoms with van der Waals surface area (Å²) in [5, 5.41) is 11.2. The van der Waals surface area contributed by atoms with Crippen LogP contribution < -0.4 is 10.6 Å². The van der Waals surface area contributed by atoms with Crippen molar-refractivity contribution in [2.75, 3.05) is 13.3 Å². The van der Waals surface area contributed by atoms with E-state index in [2.05, 4.69) is 26.8 Å². The number of para-hydroxylation sites is 1. The van der Waals surface area contributed by atoms with Crippen LogP contribution in [0.1, 0.15) is 22.4 Å². The lowest BCUT2D eigenvalue weighted by Gasteiger charge is -2.15. The first-order valence-electron chi connectivity index (χ1n) is 9.42. The Hall–Kier alpha value is -2.80. The predicted molar refractivity (Wildman–Crippen MR) is 119 cm³/mol. The molecule has 5 nitrogen and oxygen atoms in total. The summed E-state index contributed by atoms with van der Waals surface area (Å²) in [5.74, 6) is 1.26. The molecule has 0 unspecified atom stereocenters. The monoisotopic (exact) mass is 411 g/mol. The number of hydrogen-bond donors (Lipinski definition) is 2. The van der Waals surface area contributed by atoms with Gasteiger partial charge in [0.25, 0.3) is 0 Å². The first-order chi connectivity index (χ1) is 14.1. The molecule has 0 saturated carbocycles. The van der Waals surface area contributed by atoms with E-state index < -0.39 is 0 Å². The lowest BCUT2D eigenvalue weighted by atomic mass is 10.1. The quantitative estimate of drug-likeness (QED) is 0.455. The Balaban J connectivity index is 1.65. The topological polar surface area (TPSA) is 54.2 Å². The van der Waals surface area contributed by atoms with Crippen LogP contribution in [0, 0.1) is 12.7 Å². The Labute approximate surface area is 175 Å². The SMILES string of the molecule is CN=C(NCc1ccc(F)cc1CSC)NCc1ccccc1-n1ccc(C)n1. The van der Waals surface area contributed by atoms with E-state index in [1.54, 1.807) is 24.9 Å². The maximum Gasteiger partial charge on any atom is 0.191 e. The predicted octanol–water partition coefficient (Wildman–Crippen LogP) is 4.05. The molecule has 152 valence electrons. The minimum Gasteiger partial charge on any atom is -0.352 e. The fourth-order valence-corrected chi connectivity index (χ4v) is 3.65. The lowest BCUT2D eigenvalue weighted by molar-refractivity contribution is 0.625. The summed E-state index contributed by atoms with van der Waals surface area (Å²) in [7, 11) is 1.74. The molecule has 7 heteroatoms. The van der Waals surface area contributed by atoms with Gasteiger partial charge in [-0.25, -0.2) is 9.07 Å². The zero-order chi connectivity index (χ0) is 20.6. The molecule has 0 bridgehead atoms. The number of aryl methyl sites for hydroxylation is 1. The molecule has 0 aliphatic rings. The van der Waals surface area contributed by atoms with E-state index >= 15 is 0 Å². The van der Waals surface area contributed by atoms with Crippen LogP contribution in [0.3, 0.4) is 0 Å². The van der Waals surface area contributed by atoms with Crippen molar-refractivity contribution in [3.05, 3.63) is 82.9 Å². The van der Waals surface area contributed by atoms with Gasteiger partial charge < -0.3 is 10.6 Å². The highest BCUT2D eigenvalue weighted by Gasteiger charge is 2.08. The van der Waals surface area contributed by atoms with E-state index in [-0.39, 0.29) is 5.82 Å². The van der Waals surface area contributed by atoms with E-state index in [1.807, 2.05) is 54.4 Å². The van der Waals surface area contributed by atoms with Crippen molar-refractivity contribution in [1.82, 2.24) is 20.4 Å². The highest BCUT2D eigenvalue weighted by Crippen LogP contribution is 2.17. The molecule has 1 heterocycles. The molecular weight excluding hydrogens is 385 g/mol. The molecular formula is C22H26FN5S. The van der Waals surface area contributed by atoms with Gasteiger partial charge in [-0.1, -0.05) is 24.3 Å². The van der Waals surface area contributed by atoms with Crippen LogP contribution >= 0.6 is 11.8 Å². The van der Waals surface area contributed by atoms with Crippen LogP contribution in [0.4, 0.5) is 4.39 Å². The molecule has 1 aromatic heterocycles. The Morgan fingerprint density at radius 1 is 1.07 bits per heavy atom. The minimum absolute atomic E-state index is 0.203. The molecule has 3 rings (SSSR count). The molecule has 29 heavy (non-hydrogen) atoms. The molecule has 2 N–H and O–H groups in total. The van der Waals surface area contributed by atoms with Gasteiger partial charge in [0.1, 0.15) is 5.82 Å². The summed E-state index contributed by atoms with van der Waals surface area (Å²) in [4.78, 5) is 4.31. The Bertz CT molecular complexity index is 983. The van der Waals surface area contributed by atoms with Gasteiger partial charge in [-0.05, 0) is 54.1 Å². The third-order valence-electron chi connectivity index (χ3n) is 4.55. The van der Waals surface area contributed by atoms with Crippen molar-refractivity contribution in [3.63, 3.8) is 0 Å². The molecule has 0 atom stereocenters. The molecule has 0 aliphatic carbocycles. The number of guanidine groups is 1. The number of rotatable bonds is 7. The summed E-state index contributed by atoms with van der Waals surface area (Å²) < 4.78 is 15.4. The van der Waals surface area contributed by atoms with Gasteiger partial charge in [0.2, 0.25) is 0 Å². The second kappa shape index (κ2) is 10.1. The summed E-state index contributed by atoms with van der Waals surface area (Å²) in [5.41, 5.74) is 5.19. The Kier molecular flexibility index (Phi) is 7.30. The summed E-state index contributed by atoms with van der Waals surface area (Å²) in [6, 6.07) is 15.1. The van der Waals surface area contributed by atoms with Crippen molar-refractivity contribution in [1.29, 1.82) is 0 Å². The van der Waals surface area contributed by atoms with E-state index in [1.165, 1.54) is 6.07 Å². The van der Waals surface area contributed by atoms with E-state index in [0.29, 0.717) is 19.0 Å². The maximum atomic E-state index is 13.6. The second-order valence-electron chi connectivity index (χ2n) is 6.66. The number of nitrogens with one attached hydrogen (secondary N) is 2. The van der Waals surface area contributed by atoms with E-state index in [9.17, 15) is 4.39 Å². The smallest absolute Gasteiger partial charge is 0.191 e. The third kappa shape index (κ3) is 5.60. The zero-order valence-electron chi connectivity index (χ0n) is 16.9. The average Bonchev–Trinajstić information content (AvgIpc) is 3.16. The minimum atomic E-state index is -0.203. The number of aromatic nitrogens is 2. The summed E-state index contributed by atoms with van der Waals surface area (Å²) >= 11 is 1.68. The number of aliphatic imine (C=N–C) groups is 1. The van der Waals surface area contributed by atoms with Gasteiger partial charge in [0.05, 0.1) is 11.4 Å². The van der Waals surface area contributed by atoms with Gasteiger partial charge in [-0.15, -0.1) is 0 Å². The fourth-order valence-electron chi connectivity index (χ4n) is 3.07. The van der Waals surface area contributed by atoms with Crippen molar-refractivity contribution >= 4 is 17.7 Å². The van der Waals surface area contributed by atoms with Crippen LogP contribution in [0.2, 0.25) is 0 Å². The Morgan fingerprint density at radius 3 is 2.52 bits per heavy atom. The average molecular weight is 412 g/mol. The molecule has 0 aliphatic heterocycles. The van der Waals surface area contributed by atoms with Crippen molar-refractivity contribution < 1.29 is 4.39 Å². The first-order valence-corrected chi connectivity index (χ1v) is 10.8. The maximum absolute atomic E-state index is 13.6. The fraction of sp³-hybridized carbons (Fsp3) is 0.273. The van der Waals surface area contributed by atoms with Gasteiger partial charge >= 0.3 is 0 Å². The second-order valence-corrected chi connectivity index (χ2v) is 7.52. The number of nitrogens with zero attached hydrogens (tertiary/aromatic N) is 3. The van der Waals surface area contributed by atoms with E-state index in [4.69, 9.17) is 0 Å². The van der Waals surface area contributed by atoms with Crippen LogP contribution in [0.25, 0.3) is 5.69 Å². The first kappa shape index (κ1) is 20.9. The normalized spacial score (nSPS) is 11.5. The largest absolute Gasteiger partial charge is 0.352 e. The zero-order valence-corrected chi connectivity index (χ0v) is 17.8. The number of hydrogen-bond acceptors (Lipinski definition) is 3. The highest BCUT2D eigenvalue weighted by atomic mass is 32.2. The van der Waals surface area contributed by atoms with E-state index in [0.717, 1.165) is 33.8 Å². The van der Waals surface area contributed by atoms with Gasteiger partial charge in [0, 0.05) is 32.1 Å². The number of thioether (sulfide) groups is 1. The van der Waals surface area contributed by atoms with Gasteiger partial charge in [-0.3, -0.25) is 4.99 Å². The highest BCUT2D eigenvalue weighted by molar-refractivity contribution is 7.97. The molecule has 0 saturated heterocycles. The molecule has 3 aromatic rings. The van der Waals surface area contributed by atoms with Gasteiger partial charge in [0.15, 0.2) is 5.96 Å². The van der Waals surface area contributed by atoms with Crippen LogP contribution in [0.5, 0.6) is 0 Å². The summed E-state index contributed by atoms with van der Waals surface area (Å²) in [6.45, 7) is 3.16. The molecule has 2 aromatic carbocycles. The third-order valence-corrected chi connectivity index (χ3v) is 5.14. The van der Waals surface area contributed by atoms with Crippen molar-refractivity contribution in [2.45, 2.75) is 25.8 Å². The Morgan fingerprint density at radius 2 is 1.83 bits per heavy atom. The van der Waals surface area contributed by atoms with Crippen molar-refractivity contribution in [3.8, 4) is 5.69 Å². The van der Waals surface area contributed by atoms with Crippen molar-refractivity contribution in [2.24, 2.45) is 4.99 Å². The number of benzene rings is 2. The standard InChI is InChI=1S/C22H26FN5S/c1-16-10-11-28(27-16)21-7-5-4-6-18(21)14-26-22(24-2)25-13-17-8-9-20(23)12-19(17)15-29-3/h4-12H,13-15H2,1-3H3,(H2,24,25,26). The molecule has 0 spiro atoms. The van der Waals surface area contributed by atoms with Crippen LogP contribution in [-0.2, 0) is 18.8 Å². The van der Waals surface area contributed by atoms with Crippen LogP contribution in [-0.4, -0.2) is 29.0 Å². The summed E-state index contributed by atoms with van der Waals surface area (Å²) in [6.07, 6.45) is 3.98. The van der Waals surface area contributed by atoms with Crippen LogP contribution in [0.15, 0.2) is 59.7 Å². The molecule has 0 amide bonds. The molecule has 0 radical (unpaired) electrons. The lowest BCUT2D eigenvalue weighted by Crippen LogP contribution is -2.36. The number of halogens is 1. The van der Waals surface area contributed by atoms with Gasteiger partial charge in [-0.2, -0.15) is 16.9 Å². The molecule has 0 fully saturated rings.